The van der Waals surface area contributed by atoms with Gasteiger partial charge in [0.05, 0.1) is 12.4 Å². The number of aromatic nitrogens is 2. The molecule has 0 N–H and O–H groups in total. The second kappa shape index (κ2) is 4.50. The van der Waals surface area contributed by atoms with Crippen molar-refractivity contribution in [2.45, 2.75) is 6.61 Å². The minimum Gasteiger partial charge on any atom is -0.487 e. The maximum atomic E-state index is 12.8. The highest BCUT2D eigenvalue weighted by atomic mass is 19.1. The van der Waals surface area contributed by atoms with Gasteiger partial charge in [0.1, 0.15) is 18.2 Å². The second-order valence-electron chi connectivity index (χ2n) is 2.99. The van der Waals surface area contributed by atoms with Gasteiger partial charge in [-0.1, -0.05) is 0 Å². The van der Waals surface area contributed by atoms with Gasteiger partial charge in [-0.05, 0) is 18.2 Å². The van der Waals surface area contributed by atoms with Crippen LogP contribution >= 0.6 is 0 Å². The number of hydrogen-bond donors (Lipinski definition) is 0. The summed E-state index contributed by atoms with van der Waals surface area (Å²) in [6.07, 6.45) is 6.00. The molecule has 2 heterocycles. The average molecular weight is 204 g/mol. The SMILES string of the molecule is Fc1cncc(COc2cccnc2)c1. The molecular weight excluding hydrogens is 195 g/mol. The lowest BCUT2D eigenvalue weighted by Gasteiger charge is -2.04. The monoisotopic (exact) mass is 204 g/mol. The van der Waals surface area contributed by atoms with Crippen molar-refractivity contribution in [1.29, 1.82) is 0 Å². The van der Waals surface area contributed by atoms with E-state index in [1.54, 1.807) is 30.7 Å². The van der Waals surface area contributed by atoms with Crippen molar-refractivity contribution in [3.05, 3.63) is 54.4 Å². The lowest BCUT2D eigenvalue weighted by molar-refractivity contribution is 0.304. The molecule has 0 saturated heterocycles. The van der Waals surface area contributed by atoms with Gasteiger partial charge in [-0.15, -0.1) is 0 Å². The molecule has 0 aliphatic heterocycles. The maximum Gasteiger partial charge on any atom is 0.141 e. The number of ether oxygens (including phenoxy) is 1. The van der Waals surface area contributed by atoms with Crippen molar-refractivity contribution in [1.82, 2.24) is 9.97 Å². The van der Waals surface area contributed by atoms with Crippen molar-refractivity contribution >= 4 is 0 Å². The fourth-order valence-corrected chi connectivity index (χ4v) is 1.13. The Morgan fingerprint density at radius 2 is 2.13 bits per heavy atom. The Kier molecular flexibility index (Phi) is 2.88. The molecule has 0 aromatic carbocycles. The van der Waals surface area contributed by atoms with E-state index in [-0.39, 0.29) is 12.4 Å². The number of nitrogens with zero attached hydrogens (tertiary/aromatic N) is 2. The van der Waals surface area contributed by atoms with Gasteiger partial charge in [0, 0.05) is 18.0 Å². The van der Waals surface area contributed by atoms with E-state index < -0.39 is 0 Å². The van der Waals surface area contributed by atoms with Gasteiger partial charge in [0.15, 0.2) is 0 Å². The van der Waals surface area contributed by atoms with Crippen LogP contribution < -0.4 is 4.74 Å². The Bertz CT molecular complexity index is 434. The largest absolute Gasteiger partial charge is 0.487 e. The molecule has 3 nitrogen and oxygen atoms in total. The van der Waals surface area contributed by atoms with Gasteiger partial charge in [0.25, 0.3) is 0 Å². The molecule has 4 heteroatoms. The topological polar surface area (TPSA) is 35.0 Å². The molecule has 0 fully saturated rings. The van der Waals surface area contributed by atoms with E-state index in [4.69, 9.17) is 4.74 Å². The third kappa shape index (κ3) is 2.74. The van der Waals surface area contributed by atoms with Crippen molar-refractivity contribution < 1.29 is 9.13 Å². The van der Waals surface area contributed by atoms with Crippen LogP contribution in [0.2, 0.25) is 0 Å². The number of pyridine rings is 2. The van der Waals surface area contributed by atoms with Crippen LogP contribution in [0.1, 0.15) is 5.56 Å². The van der Waals surface area contributed by atoms with Crippen LogP contribution in [0.25, 0.3) is 0 Å². The summed E-state index contributed by atoms with van der Waals surface area (Å²) in [5.74, 6) is 0.295. The summed E-state index contributed by atoms with van der Waals surface area (Å²) in [4.78, 5) is 7.63. The first-order chi connectivity index (χ1) is 7.34. The van der Waals surface area contributed by atoms with Gasteiger partial charge in [-0.2, -0.15) is 0 Å². The summed E-state index contributed by atoms with van der Waals surface area (Å²) < 4.78 is 18.1. The van der Waals surface area contributed by atoms with Crippen LogP contribution in [0.4, 0.5) is 4.39 Å². The fraction of sp³-hybridized carbons (Fsp3) is 0.0909. The molecule has 2 aromatic heterocycles. The number of rotatable bonds is 3. The highest BCUT2D eigenvalue weighted by Gasteiger charge is 1.97. The highest BCUT2D eigenvalue weighted by Crippen LogP contribution is 2.09. The normalized spacial score (nSPS) is 9.93. The van der Waals surface area contributed by atoms with Crippen molar-refractivity contribution in [3.63, 3.8) is 0 Å². The molecule has 15 heavy (non-hydrogen) atoms. The molecule has 2 aromatic rings. The summed E-state index contributed by atoms with van der Waals surface area (Å²) in [6, 6.07) is 4.96. The van der Waals surface area contributed by atoms with Crippen molar-refractivity contribution in [3.8, 4) is 5.75 Å². The first-order valence-electron chi connectivity index (χ1n) is 4.47. The molecule has 0 aliphatic carbocycles. The van der Waals surface area contributed by atoms with Gasteiger partial charge in [0.2, 0.25) is 0 Å². The first kappa shape index (κ1) is 9.58. The first-order valence-corrected chi connectivity index (χ1v) is 4.47. The third-order valence-corrected chi connectivity index (χ3v) is 1.80. The van der Waals surface area contributed by atoms with E-state index in [9.17, 15) is 4.39 Å². The predicted molar refractivity (Wildman–Crippen MR) is 52.8 cm³/mol. The molecule has 0 unspecified atom stereocenters. The van der Waals surface area contributed by atoms with E-state index in [0.717, 1.165) is 6.20 Å². The van der Waals surface area contributed by atoms with Gasteiger partial charge in [-0.25, -0.2) is 4.39 Å². The highest BCUT2D eigenvalue weighted by molar-refractivity contribution is 5.17. The zero-order chi connectivity index (χ0) is 10.5. The van der Waals surface area contributed by atoms with Crippen LogP contribution in [0.15, 0.2) is 43.0 Å². The molecule has 76 valence electrons. The van der Waals surface area contributed by atoms with E-state index in [2.05, 4.69) is 9.97 Å². The number of halogens is 1. The van der Waals surface area contributed by atoms with Crippen LogP contribution in [-0.2, 0) is 6.61 Å². The molecule has 0 aliphatic rings. The Labute approximate surface area is 86.6 Å². The zero-order valence-electron chi connectivity index (χ0n) is 7.93. The van der Waals surface area contributed by atoms with E-state index in [0.29, 0.717) is 11.3 Å². The lowest BCUT2D eigenvalue weighted by atomic mass is 10.3. The molecular formula is C11H9FN2O. The fourth-order valence-electron chi connectivity index (χ4n) is 1.13. The molecule has 0 radical (unpaired) electrons. The Morgan fingerprint density at radius 3 is 2.87 bits per heavy atom. The smallest absolute Gasteiger partial charge is 0.141 e. The van der Waals surface area contributed by atoms with Gasteiger partial charge < -0.3 is 4.74 Å². The molecule has 0 atom stereocenters. The Hall–Kier alpha value is -1.97. The number of hydrogen-bond acceptors (Lipinski definition) is 3. The summed E-state index contributed by atoms with van der Waals surface area (Å²) in [7, 11) is 0. The van der Waals surface area contributed by atoms with E-state index >= 15 is 0 Å². The standard InChI is InChI=1S/C11H9FN2O/c12-10-4-9(5-14-6-10)8-15-11-2-1-3-13-7-11/h1-7H,8H2. The summed E-state index contributed by atoms with van der Waals surface area (Å²) in [6.45, 7) is 0.288. The second-order valence-corrected chi connectivity index (χ2v) is 2.99. The van der Waals surface area contributed by atoms with Gasteiger partial charge in [-0.3, -0.25) is 9.97 Å². The van der Waals surface area contributed by atoms with Crippen LogP contribution in [0.3, 0.4) is 0 Å². The lowest BCUT2D eigenvalue weighted by Crippen LogP contribution is -1.96. The van der Waals surface area contributed by atoms with Crippen LogP contribution in [-0.4, -0.2) is 9.97 Å². The predicted octanol–water partition coefficient (Wildman–Crippen LogP) is 2.19. The minimum atomic E-state index is -0.359. The molecule has 2 rings (SSSR count). The van der Waals surface area contributed by atoms with Gasteiger partial charge >= 0.3 is 0 Å². The zero-order valence-corrected chi connectivity index (χ0v) is 7.93. The van der Waals surface area contributed by atoms with Crippen molar-refractivity contribution in [2.75, 3.05) is 0 Å². The molecule has 0 saturated carbocycles. The third-order valence-electron chi connectivity index (χ3n) is 1.80. The quantitative estimate of drug-likeness (QED) is 0.768. The van der Waals surface area contributed by atoms with Crippen molar-refractivity contribution in [2.24, 2.45) is 0 Å². The van der Waals surface area contributed by atoms with E-state index in [1.807, 2.05) is 0 Å². The summed E-state index contributed by atoms with van der Waals surface area (Å²) in [5.41, 5.74) is 0.693. The summed E-state index contributed by atoms with van der Waals surface area (Å²) in [5, 5.41) is 0. The Morgan fingerprint density at radius 1 is 1.20 bits per heavy atom. The summed E-state index contributed by atoms with van der Waals surface area (Å²) >= 11 is 0. The molecule has 0 bridgehead atoms. The maximum absolute atomic E-state index is 12.8. The van der Waals surface area contributed by atoms with Crippen LogP contribution in [0, 0.1) is 5.82 Å². The van der Waals surface area contributed by atoms with Crippen LogP contribution in [0.5, 0.6) is 5.75 Å². The Balaban J connectivity index is 1.99. The minimum absolute atomic E-state index is 0.288. The molecule has 0 spiro atoms. The molecule has 0 amide bonds. The average Bonchev–Trinajstić information content (AvgIpc) is 2.28. The van der Waals surface area contributed by atoms with E-state index in [1.165, 1.54) is 6.07 Å².